The molecule has 0 radical (unpaired) electrons. The number of aliphatic hydroxyl groups excluding tert-OH is 2. The van der Waals surface area contributed by atoms with E-state index in [9.17, 15) is 14.7 Å². The van der Waals surface area contributed by atoms with Crippen molar-refractivity contribution in [3.63, 3.8) is 0 Å². The van der Waals surface area contributed by atoms with Crippen molar-refractivity contribution in [1.29, 1.82) is 0 Å². The molecule has 4 rings (SSSR count). The highest BCUT2D eigenvalue weighted by atomic mass is 35.5. The minimum Gasteiger partial charge on any atom is -0.396 e. The third kappa shape index (κ3) is 5.25. The normalized spacial score (nSPS) is 25.7. The third-order valence-corrected chi connectivity index (χ3v) is 8.05. The van der Waals surface area contributed by atoms with Gasteiger partial charge in [-0.15, -0.1) is 0 Å². The maximum absolute atomic E-state index is 14.1. The van der Waals surface area contributed by atoms with E-state index in [1.54, 1.807) is 12.1 Å². The number of rotatable bonds is 7. The smallest absolute Gasteiger partial charge is 0.237 e. The summed E-state index contributed by atoms with van der Waals surface area (Å²) in [4.78, 5) is 27.8. The highest BCUT2D eigenvalue weighted by Gasteiger charge is 2.65. The zero-order valence-corrected chi connectivity index (χ0v) is 23.1. The van der Waals surface area contributed by atoms with Crippen molar-refractivity contribution < 1.29 is 19.8 Å². The zero-order chi connectivity index (χ0) is 27.1. The molecule has 0 bridgehead atoms. The fourth-order valence-corrected chi connectivity index (χ4v) is 6.21. The molecule has 2 aliphatic rings. The number of benzene rings is 2. The standard InChI is InChI=1S/C28H35Cl2N3O4/c1-15-10-19-21(12-20(15)30)32-26(37)28(19)22(13-27(2,3)4)33-24(25(36)31-14-18(35)8-9-34)23(28)16-6-5-7-17(29)11-16/h5-7,10-12,18,22-24,33-35H,8-9,13-14H2,1-4H3,(H,31,36)(H,32,37)/t18-,22+,23-,24+,28-/m0/s1. The van der Waals surface area contributed by atoms with Crippen molar-refractivity contribution in [2.24, 2.45) is 5.41 Å². The summed E-state index contributed by atoms with van der Waals surface area (Å²) in [5.74, 6) is -1.11. The first kappa shape index (κ1) is 27.9. The average Bonchev–Trinajstić information content (AvgIpc) is 3.27. The molecule has 1 saturated heterocycles. The van der Waals surface area contributed by atoms with E-state index in [2.05, 4.69) is 36.7 Å². The van der Waals surface area contributed by atoms with Crippen LogP contribution < -0.4 is 16.0 Å². The Morgan fingerprint density at radius 2 is 1.95 bits per heavy atom. The maximum atomic E-state index is 14.1. The first-order chi connectivity index (χ1) is 17.4. The van der Waals surface area contributed by atoms with Crippen molar-refractivity contribution >= 4 is 40.7 Å². The van der Waals surface area contributed by atoms with E-state index in [4.69, 9.17) is 28.3 Å². The maximum Gasteiger partial charge on any atom is 0.237 e. The zero-order valence-electron chi connectivity index (χ0n) is 21.6. The Bertz CT molecular complexity index is 1200. The number of halogens is 2. The van der Waals surface area contributed by atoms with Gasteiger partial charge in [0.25, 0.3) is 0 Å². The quantitative estimate of drug-likeness (QED) is 0.361. The Morgan fingerprint density at radius 3 is 2.59 bits per heavy atom. The van der Waals surface area contributed by atoms with Crippen LogP contribution in [0.2, 0.25) is 10.0 Å². The van der Waals surface area contributed by atoms with E-state index in [0.29, 0.717) is 22.2 Å². The van der Waals surface area contributed by atoms with Crippen LogP contribution in [-0.2, 0) is 15.0 Å². The molecule has 0 unspecified atom stereocenters. The number of fused-ring (bicyclic) bond motifs is 2. The van der Waals surface area contributed by atoms with E-state index in [1.165, 1.54) is 0 Å². The van der Waals surface area contributed by atoms with Crippen LogP contribution in [-0.4, -0.2) is 53.4 Å². The monoisotopic (exact) mass is 547 g/mol. The Hall–Kier alpha value is -2.16. The number of anilines is 1. The molecule has 37 heavy (non-hydrogen) atoms. The number of nitrogens with one attached hydrogen (secondary N) is 3. The van der Waals surface area contributed by atoms with Gasteiger partial charge < -0.3 is 26.2 Å². The molecule has 1 spiro atoms. The molecule has 5 atom stereocenters. The second-order valence-corrected chi connectivity index (χ2v) is 12.2. The molecule has 2 amide bonds. The number of carbonyl (C=O) groups is 2. The third-order valence-electron chi connectivity index (χ3n) is 7.40. The van der Waals surface area contributed by atoms with Gasteiger partial charge in [-0.1, -0.05) is 62.2 Å². The number of aliphatic hydroxyl groups is 2. The molecule has 0 saturated carbocycles. The van der Waals surface area contributed by atoms with E-state index in [0.717, 1.165) is 16.7 Å². The van der Waals surface area contributed by atoms with E-state index >= 15 is 0 Å². The SMILES string of the molecule is Cc1cc2c(cc1Cl)NC(=O)[C@]21[C@@H](CC(C)(C)C)N[C@@H](C(=O)NC[C@@H](O)CCO)[C@@H]1c1cccc(Cl)c1. The lowest BCUT2D eigenvalue weighted by Gasteiger charge is -2.38. The Labute approximate surface area is 227 Å². The number of carbonyl (C=O) groups excluding carboxylic acids is 2. The molecule has 0 aliphatic carbocycles. The number of aryl methyl sites for hydroxylation is 1. The molecule has 2 aromatic rings. The van der Waals surface area contributed by atoms with Crippen LogP contribution in [0.5, 0.6) is 0 Å². The summed E-state index contributed by atoms with van der Waals surface area (Å²) in [6.45, 7) is 8.04. The molecule has 2 aliphatic heterocycles. The van der Waals surface area contributed by atoms with E-state index < -0.39 is 23.5 Å². The van der Waals surface area contributed by atoms with Gasteiger partial charge >= 0.3 is 0 Å². The lowest BCUT2D eigenvalue weighted by Crippen LogP contribution is -2.49. The molecule has 200 valence electrons. The van der Waals surface area contributed by atoms with Crippen molar-refractivity contribution in [2.45, 2.75) is 70.1 Å². The summed E-state index contributed by atoms with van der Waals surface area (Å²) in [6.07, 6.45) is -0.0996. The van der Waals surface area contributed by atoms with Crippen LogP contribution in [0.1, 0.15) is 56.2 Å². The molecule has 1 fully saturated rings. The summed E-state index contributed by atoms with van der Waals surface area (Å²) < 4.78 is 0. The predicted octanol–water partition coefficient (Wildman–Crippen LogP) is 3.91. The highest BCUT2D eigenvalue weighted by Crippen LogP contribution is 2.57. The summed E-state index contributed by atoms with van der Waals surface area (Å²) in [5, 5.41) is 29.7. The van der Waals surface area contributed by atoms with Crippen LogP contribution in [0.4, 0.5) is 5.69 Å². The molecule has 2 aromatic carbocycles. The topological polar surface area (TPSA) is 111 Å². The Kier molecular flexibility index (Phi) is 7.94. The lowest BCUT2D eigenvalue weighted by molar-refractivity contribution is -0.124. The van der Waals surface area contributed by atoms with Gasteiger partial charge in [-0.05, 0) is 60.1 Å². The summed E-state index contributed by atoms with van der Waals surface area (Å²) in [6, 6.07) is 9.87. The van der Waals surface area contributed by atoms with Gasteiger partial charge in [-0.25, -0.2) is 0 Å². The summed E-state index contributed by atoms with van der Waals surface area (Å²) in [7, 11) is 0. The van der Waals surface area contributed by atoms with Crippen LogP contribution in [0.15, 0.2) is 36.4 Å². The van der Waals surface area contributed by atoms with Crippen molar-refractivity contribution in [3.05, 3.63) is 63.1 Å². The van der Waals surface area contributed by atoms with Gasteiger partial charge in [-0.3, -0.25) is 9.59 Å². The summed E-state index contributed by atoms with van der Waals surface area (Å²) in [5.41, 5.74) is 1.80. The second kappa shape index (κ2) is 10.5. The number of amides is 2. The number of hydrogen-bond acceptors (Lipinski definition) is 5. The minimum atomic E-state index is -1.10. The summed E-state index contributed by atoms with van der Waals surface area (Å²) >= 11 is 12.9. The van der Waals surface area contributed by atoms with Gasteiger partial charge in [-0.2, -0.15) is 0 Å². The minimum absolute atomic E-state index is 0.00568. The van der Waals surface area contributed by atoms with Crippen LogP contribution in [0.25, 0.3) is 0 Å². The van der Waals surface area contributed by atoms with Crippen molar-refractivity contribution in [2.75, 3.05) is 18.5 Å². The largest absolute Gasteiger partial charge is 0.396 e. The molecule has 9 heteroatoms. The van der Waals surface area contributed by atoms with E-state index in [1.807, 2.05) is 31.2 Å². The van der Waals surface area contributed by atoms with Crippen LogP contribution in [0, 0.1) is 12.3 Å². The van der Waals surface area contributed by atoms with E-state index in [-0.39, 0.29) is 42.8 Å². The van der Waals surface area contributed by atoms with Gasteiger partial charge in [0, 0.05) is 40.8 Å². The van der Waals surface area contributed by atoms with Crippen molar-refractivity contribution in [3.8, 4) is 0 Å². The molecular weight excluding hydrogens is 513 g/mol. The fraction of sp³-hybridized carbons (Fsp3) is 0.500. The first-order valence-corrected chi connectivity index (χ1v) is 13.3. The molecule has 0 aromatic heterocycles. The number of hydrogen-bond donors (Lipinski definition) is 5. The van der Waals surface area contributed by atoms with Gasteiger partial charge in [0.05, 0.1) is 12.1 Å². The highest BCUT2D eigenvalue weighted by molar-refractivity contribution is 6.32. The van der Waals surface area contributed by atoms with Crippen LogP contribution >= 0.6 is 23.2 Å². The van der Waals surface area contributed by atoms with Gasteiger partial charge in [0.15, 0.2) is 0 Å². The van der Waals surface area contributed by atoms with Gasteiger partial charge in [0.1, 0.15) is 5.41 Å². The second-order valence-electron chi connectivity index (χ2n) is 11.4. The molecular formula is C28H35Cl2N3O4. The molecule has 2 heterocycles. The Balaban J connectivity index is 1.90. The first-order valence-electron chi connectivity index (χ1n) is 12.6. The van der Waals surface area contributed by atoms with Crippen molar-refractivity contribution in [1.82, 2.24) is 10.6 Å². The Morgan fingerprint density at radius 1 is 1.22 bits per heavy atom. The van der Waals surface area contributed by atoms with Gasteiger partial charge in [0.2, 0.25) is 11.8 Å². The van der Waals surface area contributed by atoms with Crippen LogP contribution in [0.3, 0.4) is 0 Å². The molecule has 7 nitrogen and oxygen atoms in total. The fourth-order valence-electron chi connectivity index (χ4n) is 5.85. The predicted molar refractivity (Wildman–Crippen MR) is 146 cm³/mol. The average molecular weight is 549 g/mol. The lowest BCUT2D eigenvalue weighted by atomic mass is 9.62. The molecule has 5 N–H and O–H groups in total.